The molecule has 0 aliphatic carbocycles. The molecule has 128 valence electrons. The molecule has 0 saturated heterocycles. The van der Waals surface area contributed by atoms with E-state index in [0.717, 1.165) is 29.3 Å². The second-order valence-corrected chi connectivity index (χ2v) is 5.44. The van der Waals surface area contributed by atoms with Crippen LogP contribution in [0.1, 0.15) is 11.3 Å². The molecule has 0 fully saturated rings. The van der Waals surface area contributed by atoms with Crippen LogP contribution in [0, 0.1) is 13.8 Å². The third kappa shape index (κ3) is 3.22. The van der Waals surface area contributed by atoms with Crippen LogP contribution in [0.4, 0.5) is 0 Å². The lowest BCUT2D eigenvalue weighted by atomic mass is 10.1. The van der Waals surface area contributed by atoms with Gasteiger partial charge < -0.3 is 19.0 Å². The predicted octanol–water partition coefficient (Wildman–Crippen LogP) is 3.06. The molecule has 4 aromatic rings. The van der Waals surface area contributed by atoms with E-state index in [2.05, 4.69) is 15.1 Å². The molecule has 7 nitrogen and oxygen atoms in total. The molecule has 3 heterocycles. The number of hydrogen-bond donors (Lipinski definition) is 2. The number of rotatable bonds is 2. The van der Waals surface area contributed by atoms with Crippen molar-refractivity contribution < 1.29 is 14.0 Å². The van der Waals surface area contributed by atoms with E-state index in [4.69, 9.17) is 14.0 Å². The van der Waals surface area contributed by atoms with Crippen molar-refractivity contribution >= 4 is 10.9 Å². The Morgan fingerprint density at radius 3 is 2.60 bits per heavy atom. The third-order valence-corrected chi connectivity index (χ3v) is 3.62. The van der Waals surface area contributed by atoms with E-state index in [1.807, 2.05) is 38.1 Å². The number of aryl methyl sites for hydroxylation is 2. The lowest BCUT2D eigenvalue weighted by Gasteiger charge is -2.01. The van der Waals surface area contributed by atoms with Gasteiger partial charge in [-0.2, -0.15) is 4.98 Å². The number of hydrogen-bond acceptors (Lipinski definition) is 6. The normalized spacial score (nSPS) is 10.6. The minimum atomic E-state index is -0.271. The number of nitrogens with one attached hydrogen (secondary N) is 1. The number of aliphatic hydroxyl groups excluding tert-OH is 1. The number of fused-ring (bicyclic) bond motifs is 1. The first-order valence-electron chi connectivity index (χ1n) is 7.59. The lowest BCUT2D eigenvalue weighted by Crippen LogP contribution is -2.08. The standard InChI is InChI=1S/C17H13N3O3.CH4O/c1-9-3-5-13-11(7-9)8-12(16(21)18-13)17-19-15(20-23-17)14-6-4-10(2)22-14;1-2/h3-8H,1-2H3,(H,18,21);2H,1H3. The molecule has 0 atom stereocenters. The maximum Gasteiger partial charge on any atom is 0.263 e. The van der Waals surface area contributed by atoms with Crippen molar-refractivity contribution in [2.75, 3.05) is 7.11 Å². The van der Waals surface area contributed by atoms with Crippen LogP contribution in [0.3, 0.4) is 0 Å². The number of nitrogens with zero attached hydrogens (tertiary/aromatic N) is 2. The molecule has 0 aliphatic rings. The molecule has 0 spiro atoms. The van der Waals surface area contributed by atoms with E-state index in [-0.39, 0.29) is 11.4 Å². The van der Waals surface area contributed by atoms with Crippen LogP contribution in [-0.4, -0.2) is 27.3 Å². The average molecular weight is 339 g/mol. The van der Waals surface area contributed by atoms with E-state index in [9.17, 15) is 4.79 Å². The fourth-order valence-corrected chi connectivity index (χ4v) is 2.47. The molecule has 0 bridgehead atoms. The van der Waals surface area contributed by atoms with Gasteiger partial charge in [0.25, 0.3) is 11.4 Å². The monoisotopic (exact) mass is 339 g/mol. The van der Waals surface area contributed by atoms with Crippen LogP contribution in [0.15, 0.2) is 50.1 Å². The number of furan rings is 1. The third-order valence-electron chi connectivity index (χ3n) is 3.62. The number of pyridine rings is 1. The number of H-pyrrole nitrogens is 1. The van der Waals surface area contributed by atoms with Gasteiger partial charge in [-0.15, -0.1) is 0 Å². The summed E-state index contributed by atoms with van der Waals surface area (Å²) in [5.74, 6) is 1.74. The Morgan fingerprint density at radius 2 is 1.88 bits per heavy atom. The molecular formula is C18H17N3O4. The van der Waals surface area contributed by atoms with Crippen molar-refractivity contribution in [1.29, 1.82) is 0 Å². The van der Waals surface area contributed by atoms with Gasteiger partial charge in [-0.3, -0.25) is 4.79 Å². The molecule has 1 aromatic carbocycles. The molecule has 0 unspecified atom stereocenters. The highest BCUT2D eigenvalue weighted by atomic mass is 16.5. The van der Waals surface area contributed by atoms with Crippen molar-refractivity contribution in [1.82, 2.24) is 15.1 Å². The second-order valence-electron chi connectivity index (χ2n) is 5.44. The maximum atomic E-state index is 12.3. The van der Waals surface area contributed by atoms with Crippen molar-refractivity contribution in [3.8, 4) is 23.0 Å². The van der Waals surface area contributed by atoms with Crippen LogP contribution in [0.5, 0.6) is 0 Å². The minimum absolute atomic E-state index is 0.165. The molecule has 0 radical (unpaired) electrons. The topological polar surface area (TPSA) is 105 Å². The van der Waals surface area contributed by atoms with Gasteiger partial charge in [0, 0.05) is 12.6 Å². The summed E-state index contributed by atoms with van der Waals surface area (Å²) in [6.07, 6.45) is 0. The molecule has 4 rings (SSSR count). The summed E-state index contributed by atoms with van der Waals surface area (Å²) >= 11 is 0. The average Bonchev–Trinajstić information content (AvgIpc) is 3.25. The van der Waals surface area contributed by atoms with Gasteiger partial charge in [-0.1, -0.05) is 16.8 Å². The Bertz CT molecular complexity index is 1080. The van der Waals surface area contributed by atoms with Crippen LogP contribution in [-0.2, 0) is 0 Å². The first-order chi connectivity index (χ1) is 12.1. The van der Waals surface area contributed by atoms with E-state index < -0.39 is 0 Å². The second kappa shape index (κ2) is 6.74. The smallest absolute Gasteiger partial charge is 0.263 e. The van der Waals surface area contributed by atoms with Crippen molar-refractivity contribution in [2.45, 2.75) is 13.8 Å². The van der Waals surface area contributed by atoms with Gasteiger partial charge in [0.1, 0.15) is 11.3 Å². The Morgan fingerprint density at radius 1 is 1.08 bits per heavy atom. The summed E-state index contributed by atoms with van der Waals surface area (Å²) in [6.45, 7) is 3.83. The van der Waals surface area contributed by atoms with Crippen molar-refractivity contribution in [3.05, 3.63) is 58.1 Å². The summed E-state index contributed by atoms with van der Waals surface area (Å²) in [4.78, 5) is 19.4. The van der Waals surface area contributed by atoms with E-state index in [0.29, 0.717) is 17.1 Å². The molecule has 3 aromatic heterocycles. The maximum absolute atomic E-state index is 12.3. The molecule has 7 heteroatoms. The van der Waals surface area contributed by atoms with Gasteiger partial charge in [0.2, 0.25) is 5.82 Å². The quantitative estimate of drug-likeness (QED) is 0.581. The zero-order valence-corrected chi connectivity index (χ0v) is 14.0. The lowest BCUT2D eigenvalue weighted by molar-refractivity contribution is 0.399. The Labute approximate surface area is 142 Å². The minimum Gasteiger partial charge on any atom is -0.458 e. The largest absolute Gasteiger partial charge is 0.458 e. The van der Waals surface area contributed by atoms with Gasteiger partial charge >= 0.3 is 0 Å². The van der Waals surface area contributed by atoms with Gasteiger partial charge in [-0.05, 0) is 49.6 Å². The number of benzene rings is 1. The van der Waals surface area contributed by atoms with Gasteiger partial charge in [-0.25, -0.2) is 0 Å². The van der Waals surface area contributed by atoms with E-state index >= 15 is 0 Å². The summed E-state index contributed by atoms with van der Waals surface area (Å²) in [5, 5.41) is 11.8. The summed E-state index contributed by atoms with van der Waals surface area (Å²) in [7, 11) is 1.00. The van der Waals surface area contributed by atoms with E-state index in [1.54, 1.807) is 12.1 Å². The highest BCUT2D eigenvalue weighted by Crippen LogP contribution is 2.23. The highest BCUT2D eigenvalue weighted by Gasteiger charge is 2.16. The summed E-state index contributed by atoms with van der Waals surface area (Å²) < 4.78 is 10.7. The summed E-state index contributed by atoms with van der Waals surface area (Å²) in [5.41, 5.74) is 1.94. The zero-order chi connectivity index (χ0) is 18.0. The first-order valence-corrected chi connectivity index (χ1v) is 7.59. The van der Waals surface area contributed by atoms with Crippen LogP contribution in [0.25, 0.3) is 33.9 Å². The number of aliphatic hydroxyl groups is 1. The molecule has 0 aliphatic heterocycles. The zero-order valence-electron chi connectivity index (χ0n) is 14.0. The van der Waals surface area contributed by atoms with Gasteiger partial charge in [0.15, 0.2) is 5.76 Å². The SMILES string of the molecule is CO.Cc1ccc2[nH]c(=O)c(-c3nc(-c4ccc(C)o4)no3)cc2c1. The molecule has 0 saturated carbocycles. The first kappa shape index (κ1) is 16.7. The molecule has 2 N–H and O–H groups in total. The highest BCUT2D eigenvalue weighted by molar-refractivity contribution is 5.82. The van der Waals surface area contributed by atoms with Gasteiger partial charge in [0.05, 0.1) is 0 Å². The Balaban J connectivity index is 0.000000880. The van der Waals surface area contributed by atoms with Crippen LogP contribution in [0.2, 0.25) is 0 Å². The number of aromatic amines is 1. The Hall–Kier alpha value is -3.19. The molecule has 0 amide bonds. The van der Waals surface area contributed by atoms with Crippen LogP contribution < -0.4 is 5.56 Å². The van der Waals surface area contributed by atoms with Crippen molar-refractivity contribution in [2.24, 2.45) is 0 Å². The molecule has 25 heavy (non-hydrogen) atoms. The van der Waals surface area contributed by atoms with E-state index in [1.165, 1.54) is 0 Å². The van der Waals surface area contributed by atoms with Crippen LogP contribution >= 0.6 is 0 Å². The predicted molar refractivity (Wildman–Crippen MR) is 93.2 cm³/mol. The summed E-state index contributed by atoms with van der Waals surface area (Å²) in [6, 6.07) is 11.1. The Kier molecular flexibility index (Phi) is 4.49. The van der Waals surface area contributed by atoms with Crippen molar-refractivity contribution in [3.63, 3.8) is 0 Å². The fourth-order valence-electron chi connectivity index (χ4n) is 2.47. The number of aromatic nitrogens is 3. The fraction of sp³-hybridized carbons (Fsp3) is 0.167. The molecular weight excluding hydrogens is 322 g/mol.